The van der Waals surface area contributed by atoms with Crippen molar-refractivity contribution >= 4 is 23.2 Å². The molecule has 154 valence electrons. The molecule has 0 radical (unpaired) electrons. The molecule has 0 aliphatic carbocycles. The van der Waals surface area contributed by atoms with Crippen LogP contribution in [-0.2, 0) is 13.0 Å². The van der Waals surface area contributed by atoms with Crippen LogP contribution in [0, 0.1) is 10.1 Å². The van der Waals surface area contributed by atoms with Gasteiger partial charge in [-0.05, 0) is 41.8 Å². The second-order valence-corrected chi connectivity index (χ2v) is 7.56. The summed E-state index contributed by atoms with van der Waals surface area (Å²) >= 11 is 5.84. The summed E-state index contributed by atoms with van der Waals surface area (Å²) < 4.78 is 5.64. The standard InChI is InChI=1S/C22H20ClN3O4/c23-18-8-7-16(12-19(18)26(28)29)22(27)24-13-20(21-6-3-11-30-21)25-10-9-15-4-1-2-5-17(15)14-25/h1-8,11-12,20H,9-10,13-14H2,(H,24,27)/t20-/m0/s1. The number of nitrogens with one attached hydrogen (secondary N) is 1. The summed E-state index contributed by atoms with van der Waals surface area (Å²) in [6.45, 7) is 1.90. The molecule has 4 rings (SSSR count). The van der Waals surface area contributed by atoms with Crippen molar-refractivity contribution in [1.82, 2.24) is 10.2 Å². The van der Waals surface area contributed by atoms with Gasteiger partial charge in [0.2, 0.25) is 0 Å². The first-order valence-corrected chi connectivity index (χ1v) is 9.97. The van der Waals surface area contributed by atoms with Gasteiger partial charge in [0.1, 0.15) is 10.8 Å². The van der Waals surface area contributed by atoms with Crippen molar-refractivity contribution in [3.8, 4) is 0 Å². The molecule has 0 bridgehead atoms. The number of amides is 1. The van der Waals surface area contributed by atoms with Gasteiger partial charge in [-0.25, -0.2) is 0 Å². The zero-order valence-corrected chi connectivity index (χ0v) is 16.8. The molecule has 0 unspecified atom stereocenters. The maximum absolute atomic E-state index is 12.7. The third-order valence-corrected chi connectivity index (χ3v) is 5.65. The van der Waals surface area contributed by atoms with Gasteiger partial charge in [-0.15, -0.1) is 0 Å². The number of benzene rings is 2. The smallest absolute Gasteiger partial charge is 0.288 e. The number of furan rings is 1. The second-order valence-electron chi connectivity index (χ2n) is 7.15. The number of nitrogens with zero attached hydrogens (tertiary/aromatic N) is 2. The van der Waals surface area contributed by atoms with E-state index in [9.17, 15) is 14.9 Å². The maximum Gasteiger partial charge on any atom is 0.288 e. The van der Waals surface area contributed by atoms with E-state index in [4.69, 9.17) is 16.0 Å². The highest BCUT2D eigenvalue weighted by Crippen LogP contribution is 2.28. The van der Waals surface area contributed by atoms with Crippen LogP contribution in [0.4, 0.5) is 5.69 Å². The number of fused-ring (bicyclic) bond motifs is 1. The lowest BCUT2D eigenvalue weighted by molar-refractivity contribution is -0.384. The Hall–Kier alpha value is -3.16. The van der Waals surface area contributed by atoms with Crippen molar-refractivity contribution < 1.29 is 14.1 Å². The monoisotopic (exact) mass is 425 g/mol. The minimum absolute atomic E-state index is 0.00278. The lowest BCUT2D eigenvalue weighted by Gasteiger charge is -2.34. The van der Waals surface area contributed by atoms with Crippen molar-refractivity contribution in [1.29, 1.82) is 0 Å². The normalized spacial score (nSPS) is 14.7. The van der Waals surface area contributed by atoms with Crippen molar-refractivity contribution in [2.45, 2.75) is 19.0 Å². The molecule has 0 saturated heterocycles. The zero-order valence-electron chi connectivity index (χ0n) is 16.1. The van der Waals surface area contributed by atoms with Crippen LogP contribution in [0.15, 0.2) is 65.3 Å². The zero-order chi connectivity index (χ0) is 21.1. The Balaban J connectivity index is 1.51. The molecule has 0 fully saturated rings. The van der Waals surface area contributed by atoms with Gasteiger partial charge in [0.15, 0.2) is 0 Å². The predicted octanol–water partition coefficient (Wildman–Crippen LogP) is 4.37. The lowest BCUT2D eigenvalue weighted by atomic mass is 9.98. The van der Waals surface area contributed by atoms with Crippen molar-refractivity contribution in [3.63, 3.8) is 0 Å². The average Bonchev–Trinajstić information content (AvgIpc) is 3.28. The van der Waals surface area contributed by atoms with Gasteiger partial charge in [0.05, 0.1) is 17.2 Å². The quantitative estimate of drug-likeness (QED) is 0.468. The third-order valence-electron chi connectivity index (χ3n) is 5.33. The van der Waals surface area contributed by atoms with Gasteiger partial charge in [0, 0.05) is 31.3 Å². The molecule has 1 aliphatic heterocycles. The van der Waals surface area contributed by atoms with Crippen LogP contribution >= 0.6 is 11.6 Å². The van der Waals surface area contributed by atoms with E-state index >= 15 is 0 Å². The number of nitro benzene ring substituents is 1. The summed E-state index contributed by atoms with van der Waals surface area (Å²) in [6.07, 6.45) is 2.54. The molecular weight excluding hydrogens is 406 g/mol. The molecular formula is C22H20ClN3O4. The van der Waals surface area contributed by atoms with Crippen LogP contribution in [0.1, 0.15) is 33.3 Å². The first-order valence-electron chi connectivity index (χ1n) is 9.59. The lowest BCUT2D eigenvalue weighted by Crippen LogP contribution is -2.40. The molecule has 7 nitrogen and oxygen atoms in total. The van der Waals surface area contributed by atoms with Gasteiger partial charge < -0.3 is 9.73 Å². The van der Waals surface area contributed by atoms with Gasteiger partial charge in [-0.1, -0.05) is 35.9 Å². The number of halogens is 1. The summed E-state index contributed by atoms with van der Waals surface area (Å²) in [5.41, 5.74) is 2.50. The van der Waals surface area contributed by atoms with E-state index in [2.05, 4.69) is 22.3 Å². The van der Waals surface area contributed by atoms with Gasteiger partial charge in [0.25, 0.3) is 11.6 Å². The number of carbonyl (C=O) groups excluding carboxylic acids is 1. The second kappa shape index (κ2) is 8.69. The van der Waals surface area contributed by atoms with E-state index in [0.29, 0.717) is 6.54 Å². The number of rotatable bonds is 6. The van der Waals surface area contributed by atoms with Crippen LogP contribution in [0.3, 0.4) is 0 Å². The van der Waals surface area contributed by atoms with E-state index in [-0.39, 0.29) is 22.3 Å². The van der Waals surface area contributed by atoms with E-state index in [0.717, 1.165) is 25.3 Å². The Morgan fingerprint density at radius 1 is 1.20 bits per heavy atom. The topological polar surface area (TPSA) is 88.6 Å². The van der Waals surface area contributed by atoms with Gasteiger partial charge in [-0.3, -0.25) is 19.8 Å². The van der Waals surface area contributed by atoms with Crippen molar-refractivity contribution in [3.05, 3.63) is 98.4 Å². The van der Waals surface area contributed by atoms with E-state index in [1.165, 1.54) is 29.3 Å². The summed E-state index contributed by atoms with van der Waals surface area (Å²) in [5.74, 6) is 0.362. The molecule has 1 N–H and O–H groups in total. The number of nitro groups is 1. The molecule has 2 heterocycles. The highest BCUT2D eigenvalue weighted by Gasteiger charge is 2.27. The summed E-state index contributed by atoms with van der Waals surface area (Å²) in [7, 11) is 0. The highest BCUT2D eigenvalue weighted by molar-refractivity contribution is 6.32. The Morgan fingerprint density at radius 3 is 2.73 bits per heavy atom. The van der Waals surface area contributed by atoms with Gasteiger partial charge in [-0.2, -0.15) is 0 Å². The fourth-order valence-electron chi connectivity index (χ4n) is 3.76. The van der Waals surface area contributed by atoms with E-state index < -0.39 is 10.8 Å². The molecule has 3 aromatic rings. The fraction of sp³-hybridized carbons (Fsp3) is 0.227. The largest absolute Gasteiger partial charge is 0.468 e. The molecule has 8 heteroatoms. The molecule has 0 spiro atoms. The Morgan fingerprint density at radius 2 is 2.00 bits per heavy atom. The van der Waals surface area contributed by atoms with E-state index in [1.807, 2.05) is 24.3 Å². The van der Waals surface area contributed by atoms with Crippen LogP contribution in [0.2, 0.25) is 5.02 Å². The Labute approximate surface area is 178 Å². The minimum Gasteiger partial charge on any atom is -0.468 e. The molecule has 30 heavy (non-hydrogen) atoms. The van der Waals surface area contributed by atoms with Gasteiger partial charge >= 0.3 is 0 Å². The minimum atomic E-state index is -0.601. The third kappa shape index (κ3) is 4.22. The van der Waals surface area contributed by atoms with Crippen molar-refractivity contribution in [2.75, 3.05) is 13.1 Å². The molecule has 2 aromatic carbocycles. The predicted molar refractivity (Wildman–Crippen MR) is 112 cm³/mol. The molecule has 1 atom stereocenters. The number of hydrogen-bond acceptors (Lipinski definition) is 5. The Kier molecular flexibility index (Phi) is 5.83. The first-order chi connectivity index (χ1) is 14.5. The SMILES string of the molecule is O=C(NC[C@@H](c1ccco1)N1CCc2ccccc2C1)c1ccc(Cl)c([N+](=O)[O-])c1. The highest BCUT2D eigenvalue weighted by atomic mass is 35.5. The van der Waals surface area contributed by atoms with Crippen molar-refractivity contribution in [2.24, 2.45) is 0 Å². The molecule has 1 amide bonds. The summed E-state index contributed by atoms with van der Waals surface area (Å²) in [6, 6.07) is 15.9. The fourth-order valence-corrected chi connectivity index (χ4v) is 3.95. The number of hydrogen-bond donors (Lipinski definition) is 1. The Bertz CT molecular complexity index is 1070. The van der Waals surface area contributed by atoms with E-state index in [1.54, 1.807) is 6.26 Å². The van der Waals surface area contributed by atoms with Crippen LogP contribution < -0.4 is 5.32 Å². The van der Waals surface area contributed by atoms with Crippen LogP contribution in [0.25, 0.3) is 0 Å². The summed E-state index contributed by atoms with van der Waals surface area (Å²) in [4.78, 5) is 25.4. The first kappa shape index (κ1) is 20.1. The van der Waals surface area contributed by atoms with Crippen LogP contribution in [0.5, 0.6) is 0 Å². The molecule has 1 aromatic heterocycles. The molecule has 0 saturated carbocycles. The molecule has 1 aliphatic rings. The van der Waals surface area contributed by atoms with Crippen LogP contribution in [-0.4, -0.2) is 28.8 Å². The number of carbonyl (C=O) groups is 1. The maximum atomic E-state index is 12.7. The average molecular weight is 426 g/mol. The summed E-state index contributed by atoms with van der Waals surface area (Å²) in [5, 5.41) is 14.0.